The highest BCUT2D eigenvalue weighted by atomic mass is 32.1. The Balaban J connectivity index is 1.31. The maximum atomic E-state index is 13.6. The second-order valence-corrected chi connectivity index (χ2v) is 10.5. The summed E-state index contributed by atoms with van der Waals surface area (Å²) in [6.07, 6.45) is 5.53. The predicted molar refractivity (Wildman–Crippen MR) is 134 cm³/mol. The van der Waals surface area contributed by atoms with Crippen LogP contribution in [0.25, 0.3) is 0 Å². The van der Waals surface area contributed by atoms with Gasteiger partial charge in [0.05, 0.1) is 26.2 Å². The fourth-order valence-electron chi connectivity index (χ4n) is 5.53. The molecule has 4 heterocycles. The van der Waals surface area contributed by atoms with Crippen LogP contribution in [0, 0.1) is 5.92 Å². The van der Waals surface area contributed by atoms with Crippen molar-refractivity contribution in [2.45, 2.75) is 44.9 Å². The molecule has 0 aliphatic carbocycles. The second-order valence-electron chi connectivity index (χ2n) is 9.50. The van der Waals surface area contributed by atoms with Crippen LogP contribution >= 0.6 is 11.3 Å². The Hall–Kier alpha value is -2.63. The molecule has 1 atom stereocenters. The number of fused-ring (bicyclic) bond motifs is 3. The molecule has 6 rings (SSSR count). The minimum absolute atomic E-state index is 0.0321. The molecular weight excluding hydrogens is 428 g/mol. The third-order valence-electron chi connectivity index (χ3n) is 7.43. The van der Waals surface area contributed by atoms with E-state index in [1.807, 2.05) is 59.9 Å². The molecule has 3 aliphatic rings. The number of hydrogen-bond donors (Lipinski definition) is 0. The average molecular weight is 462 g/mol. The summed E-state index contributed by atoms with van der Waals surface area (Å²) < 4.78 is 7.31. The van der Waals surface area contributed by atoms with E-state index >= 15 is 0 Å². The van der Waals surface area contributed by atoms with Crippen LogP contribution in [-0.2, 0) is 17.7 Å². The molecule has 3 aromatic rings. The van der Waals surface area contributed by atoms with Crippen molar-refractivity contribution >= 4 is 23.1 Å². The summed E-state index contributed by atoms with van der Waals surface area (Å²) in [5.74, 6) is 0.694. The van der Waals surface area contributed by atoms with Crippen molar-refractivity contribution in [1.82, 2.24) is 0 Å². The number of carbonyl (C=O) groups is 1. The van der Waals surface area contributed by atoms with E-state index in [9.17, 15) is 4.79 Å². The smallest absolute Gasteiger partial charge is 0.396 e. The summed E-state index contributed by atoms with van der Waals surface area (Å²) in [4.78, 5) is 16.8. The molecule has 0 saturated carbocycles. The Morgan fingerprint density at radius 2 is 1.70 bits per heavy atom. The first-order valence-corrected chi connectivity index (χ1v) is 13.1. The number of anilines is 1. The van der Waals surface area contributed by atoms with E-state index in [1.165, 1.54) is 17.7 Å². The van der Waals surface area contributed by atoms with Crippen LogP contribution in [0.3, 0.4) is 0 Å². The van der Waals surface area contributed by atoms with Crippen molar-refractivity contribution < 1.29 is 14.0 Å². The average Bonchev–Trinajstić information content (AvgIpc) is 3.38. The van der Waals surface area contributed by atoms with Crippen molar-refractivity contribution in [3.8, 4) is 0 Å². The lowest BCUT2D eigenvalue weighted by molar-refractivity contribution is -0.984. The molecule has 0 radical (unpaired) electrons. The quantitative estimate of drug-likeness (QED) is 0.359. The van der Waals surface area contributed by atoms with Gasteiger partial charge in [-0.2, -0.15) is 0 Å². The van der Waals surface area contributed by atoms with Gasteiger partial charge in [0.15, 0.2) is 0 Å². The maximum Gasteiger partial charge on any atom is 0.419 e. The van der Waals surface area contributed by atoms with E-state index < -0.39 is 0 Å². The van der Waals surface area contributed by atoms with Gasteiger partial charge in [0, 0.05) is 36.2 Å². The highest BCUT2D eigenvalue weighted by Gasteiger charge is 2.49. The van der Waals surface area contributed by atoms with Gasteiger partial charge in [-0.3, -0.25) is 9.38 Å². The standard InChI is InChI=1S/C28H33N2O2S/c31-28(29(25-11-5-2-6-12-25)22-24-9-3-1-4-10-24)32-27-21-23-15-18-30(27,19-16-23)17-7-13-26-14-8-20-33-26/h1-6,8-12,14,20,23,27H,7,13,15-19,21-22H2/q+1. The number of benzene rings is 2. The summed E-state index contributed by atoms with van der Waals surface area (Å²) in [5, 5.41) is 2.16. The van der Waals surface area contributed by atoms with Gasteiger partial charge in [-0.25, -0.2) is 4.79 Å². The summed E-state index contributed by atoms with van der Waals surface area (Å²) >= 11 is 1.84. The zero-order valence-electron chi connectivity index (χ0n) is 19.1. The summed E-state index contributed by atoms with van der Waals surface area (Å²) in [6.45, 7) is 3.87. The molecule has 1 amide bonds. The van der Waals surface area contributed by atoms with E-state index in [0.717, 1.165) is 54.6 Å². The molecule has 1 unspecified atom stereocenters. The first-order valence-electron chi connectivity index (χ1n) is 12.2. The lowest BCUT2D eigenvalue weighted by atomic mass is 9.84. The number of hydrogen-bond acceptors (Lipinski definition) is 3. The second kappa shape index (κ2) is 10.1. The zero-order valence-corrected chi connectivity index (χ0v) is 20.0. The molecule has 3 aliphatic heterocycles. The molecule has 0 spiro atoms. The van der Waals surface area contributed by atoms with Gasteiger partial charge in [-0.15, -0.1) is 11.3 Å². The number of nitrogens with zero attached hydrogens (tertiary/aromatic N) is 2. The van der Waals surface area contributed by atoms with Crippen LogP contribution in [0.1, 0.15) is 36.1 Å². The predicted octanol–water partition coefficient (Wildman–Crippen LogP) is 6.48. The Labute approximate surface area is 201 Å². The van der Waals surface area contributed by atoms with E-state index in [-0.39, 0.29) is 12.3 Å². The largest absolute Gasteiger partial charge is 0.419 e. The molecule has 0 N–H and O–H groups in total. The number of ether oxygens (including phenoxy) is 1. The molecule has 33 heavy (non-hydrogen) atoms. The summed E-state index contributed by atoms with van der Waals surface area (Å²) in [5.41, 5.74) is 1.98. The van der Waals surface area contributed by atoms with Crippen LogP contribution in [-0.4, -0.2) is 36.4 Å². The van der Waals surface area contributed by atoms with Gasteiger partial charge < -0.3 is 4.74 Å². The van der Waals surface area contributed by atoms with Crippen LogP contribution < -0.4 is 4.90 Å². The number of amides is 1. The number of piperidine rings is 3. The molecule has 4 nitrogen and oxygen atoms in total. The lowest BCUT2D eigenvalue weighted by Crippen LogP contribution is -2.66. The van der Waals surface area contributed by atoms with Gasteiger partial charge in [0.2, 0.25) is 6.23 Å². The first-order chi connectivity index (χ1) is 16.2. The molecule has 5 heteroatoms. The van der Waals surface area contributed by atoms with Crippen molar-refractivity contribution in [3.63, 3.8) is 0 Å². The molecule has 2 aromatic carbocycles. The topological polar surface area (TPSA) is 29.5 Å². The van der Waals surface area contributed by atoms with Crippen LogP contribution in [0.5, 0.6) is 0 Å². The third-order valence-corrected chi connectivity index (χ3v) is 8.36. The molecule has 3 saturated heterocycles. The summed E-state index contributed by atoms with van der Waals surface area (Å²) in [7, 11) is 0. The van der Waals surface area contributed by atoms with Crippen molar-refractivity contribution in [1.29, 1.82) is 0 Å². The Kier molecular flexibility index (Phi) is 6.79. The van der Waals surface area contributed by atoms with E-state index in [2.05, 4.69) is 29.6 Å². The molecule has 1 aromatic heterocycles. The third kappa shape index (κ3) is 5.15. The highest BCUT2D eigenvalue weighted by Crippen LogP contribution is 2.40. The zero-order chi connectivity index (χ0) is 22.5. The molecule has 2 bridgehead atoms. The lowest BCUT2D eigenvalue weighted by Gasteiger charge is -2.53. The monoisotopic (exact) mass is 461 g/mol. The minimum atomic E-state index is -0.224. The van der Waals surface area contributed by atoms with Gasteiger partial charge in [0.1, 0.15) is 0 Å². The molecule has 3 fully saturated rings. The summed E-state index contributed by atoms with van der Waals surface area (Å²) in [6, 6.07) is 24.4. The minimum Gasteiger partial charge on any atom is -0.396 e. The van der Waals surface area contributed by atoms with Gasteiger partial charge in [-0.05, 0) is 41.5 Å². The van der Waals surface area contributed by atoms with Crippen LogP contribution in [0.4, 0.5) is 10.5 Å². The van der Waals surface area contributed by atoms with Crippen molar-refractivity contribution in [2.24, 2.45) is 5.92 Å². The van der Waals surface area contributed by atoms with E-state index in [0.29, 0.717) is 12.5 Å². The SMILES string of the molecule is O=C(OC1CC2CC[N+]1(CCCc1cccs1)CC2)N(Cc1ccccc1)c1ccccc1. The number of rotatable bonds is 8. The number of aryl methyl sites for hydroxylation is 1. The van der Waals surface area contributed by atoms with Crippen molar-refractivity contribution in [3.05, 3.63) is 88.6 Å². The number of thiophene rings is 1. The molecule has 172 valence electrons. The maximum absolute atomic E-state index is 13.6. The fourth-order valence-corrected chi connectivity index (χ4v) is 6.28. The first kappa shape index (κ1) is 22.2. The number of quaternary nitrogens is 1. The Morgan fingerprint density at radius 3 is 2.39 bits per heavy atom. The van der Waals surface area contributed by atoms with Gasteiger partial charge in [0.25, 0.3) is 0 Å². The Bertz CT molecular complexity index is 1010. The van der Waals surface area contributed by atoms with Crippen LogP contribution in [0.2, 0.25) is 0 Å². The Morgan fingerprint density at radius 1 is 0.970 bits per heavy atom. The van der Waals surface area contributed by atoms with Crippen molar-refractivity contribution in [2.75, 3.05) is 24.5 Å². The van der Waals surface area contributed by atoms with Gasteiger partial charge >= 0.3 is 6.09 Å². The van der Waals surface area contributed by atoms with E-state index in [1.54, 1.807) is 4.90 Å². The normalized spacial score (nSPS) is 23.9. The highest BCUT2D eigenvalue weighted by molar-refractivity contribution is 7.09. The van der Waals surface area contributed by atoms with Gasteiger partial charge in [-0.1, -0.05) is 54.6 Å². The number of para-hydroxylation sites is 1. The molecular formula is C28H33N2O2S+. The number of carbonyl (C=O) groups excluding carboxylic acids is 1. The van der Waals surface area contributed by atoms with Crippen LogP contribution in [0.15, 0.2) is 78.2 Å². The fraction of sp³-hybridized carbons (Fsp3) is 0.393. The van der Waals surface area contributed by atoms with E-state index in [4.69, 9.17) is 4.74 Å².